The molecule has 1 N–H and O–H groups in total. The zero-order chi connectivity index (χ0) is 14.5. The molecular weight excluding hydrogens is 316 g/mol. The van der Waals surface area contributed by atoms with Crippen molar-refractivity contribution in [2.24, 2.45) is 0 Å². The lowest BCUT2D eigenvalue weighted by Gasteiger charge is -2.26. The van der Waals surface area contributed by atoms with Crippen LogP contribution in [0.25, 0.3) is 0 Å². The van der Waals surface area contributed by atoms with Gasteiger partial charge in [0.1, 0.15) is 5.75 Å². The van der Waals surface area contributed by atoms with E-state index in [1.807, 2.05) is 6.07 Å². The van der Waals surface area contributed by atoms with Crippen LogP contribution in [-0.2, 0) is 0 Å². The second kappa shape index (κ2) is 7.43. The Balaban J connectivity index is 1.87. The highest BCUT2D eigenvalue weighted by atomic mass is 79.9. The number of hydrogen-bond donors (Lipinski definition) is 1. The molecule has 2 rings (SSSR count). The van der Waals surface area contributed by atoms with E-state index in [2.05, 4.69) is 52.1 Å². The van der Waals surface area contributed by atoms with E-state index in [0.29, 0.717) is 12.1 Å². The number of hydrogen-bond acceptors (Lipinski definition) is 3. The van der Waals surface area contributed by atoms with Gasteiger partial charge in [-0.2, -0.15) is 0 Å². The van der Waals surface area contributed by atoms with Gasteiger partial charge in [0.05, 0.1) is 11.6 Å². The van der Waals surface area contributed by atoms with Crippen LogP contribution < -0.4 is 10.1 Å². The van der Waals surface area contributed by atoms with Crippen LogP contribution in [0.15, 0.2) is 22.7 Å². The molecule has 0 bridgehead atoms. The normalized spacial score (nSPS) is 19.0. The first-order valence-corrected chi connectivity index (χ1v) is 8.22. The van der Waals surface area contributed by atoms with Crippen molar-refractivity contribution in [3.05, 3.63) is 28.2 Å². The summed E-state index contributed by atoms with van der Waals surface area (Å²) in [6, 6.07) is 7.24. The van der Waals surface area contributed by atoms with Gasteiger partial charge in [0.2, 0.25) is 0 Å². The summed E-state index contributed by atoms with van der Waals surface area (Å²) in [6.07, 6.45) is 2.71. The lowest BCUT2D eigenvalue weighted by Crippen LogP contribution is -2.39. The van der Waals surface area contributed by atoms with E-state index in [0.717, 1.165) is 16.8 Å². The highest BCUT2D eigenvalue weighted by molar-refractivity contribution is 9.10. The van der Waals surface area contributed by atoms with Crippen LogP contribution in [0.5, 0.6) is 5.75 Å². The minimum atomic E-state index is 0.349. The first-order chi connectivity index (χ1) is 9.61. The first kappa shape index (κ1) is 15.8. The van der Waals surface area contributed by atoms with Crippen molar-refractivity contribution in [2.45, 2.75) is 38.8 Å². The maximum absolute atomic E-state index is 5.27. The molecular formula is C16H25BrN2O. The second-order valence-electron chi connectivity index (χ2n) is 5.62. The molecule has 1 aliphatic heterocycles. The van der Waals surface area contributed by atoms with Gasteiger partial charge < -0.3 is 10.1 Å². The molecule has 2 atom stereocenters. The van der Waals surface area contributed by atoms with E-state index in [9.17, 15) is 0 Å². The number of nitrogens with zero attached hydrogens (tertiary/aromatic N) is 1. The molecule has 1 aromatic rings. The summed E-state index contributed by atoms with van der Waals surface area (Å²) in [7, 11) is 1.69. The zero-order valence-electron chi connectivity index (χ0n) is 12.7. The van der Waals surface area contributed by atoms with E-state index >= 15 is 0 Å². The minimum absolute atomic E-state index is 0.349. The SMILES string of the molecule is COc1ccc(C(C)NCC(C)N2CCCC2)cc1Br. The molecule has 0 aromatic heterocycles. The van der Waals surface area contributed by atoms with Gasteiger partial charge in [-0.25, -0.2) is 0 Å². The number of ether oxygens (including phenoxy) is 1. The molecule has 0 radical (unpaired) electrons. The summed E-state index contributed by atoms with van der Waals surface area (Å²) in [5, 5.41) is 3.64. The molecule has 1 aromatic carbocycles. The Hall–Kier alpha value is -0.580. The number of halogens is 1. The fourth-order valence-corrected chi connectivity index (χ4v) is 3.29. The fraction of sp³-hybridized carbons (Fsp3) is 0.625. The van der Waals surface area contributed by atoms with E-state index < -0.39 is 0 Å². The molecule has 1 fully saturated rings. The van der Waals surface area contributed by atoms with E-state index in [1.54, 1.807) is 7.11 Å². The molecule has 1 heterocycles. The third kappa shape index (κ3) is 3.96. The number of methoxy groups -OCH3 is 1. The molecule has 1 saturated heterocycles. The van der Waals surface area contributed by atoms with Crippen LogP contribution in [0.1, 0.15) is 38.3 Å². The van der Waals surface area contributed by atoms with Gasteiger partial charge in [0.15, 0.2) is 0 Å². The largest absolute Gasteiger partial charge is 0.496 e. The Morgan fingerprint density at radius 1 is 1.30 bits per heavy atom. The molecule has 0 spiro atoms. The van der Waals surface area contributed by atoms with Crippen LogP contribution >= 0.6 is 15.9 Å². The van der Waals surface area contributed by atoms with Crippen LogP contribution in [0.2, 0.25) is 0 Å². The van der Waals surface area contributed by atoms with Crippen molar-refractivity contribution in [1.29, 1.82) is 0 Å². The molecule has 0 aliphatic carbocycles. The minimum Gasteiger partial charge on any atom is -0.496 e. The average Bonchev–Trinajstić information content (AvgIpc) is 2.98. The standard InChI is InChI=1S/C16H25BrN2O/c1-12(19-8-4-5-9-19)11-18-13(2)14-6-7-16(20-3)15(17)10-14/h6-7,10,12-13,18H,4-5,8-9,11H2,1-3H3. The lowest BCUT2D eigenvalue weighted by atomic mass is 10.1. The van der Waals surface area contributed by atoms with Gasteiger partial charge in [-0.3, -0.25) is 4.90 Å². The summed E-state index contributed by atoms with van der Waals surface area (Å²) in [5.74, 6) is 0.881. The lowest BCUT2D eigenvalue weighted by molar-refractivity contribution is 0.247. The van der Waals surface area contributed by atoms with Crippen LogP contribution in [0.3, 0.4) is 0 Å². The van der Waals surface area contributed by atoms with Crippen molar-refractivity contribution in [1.82, 2.24) is 10.2 Å². The van der Waals surface area contributed by atoms with Gasteiger partial charge >= 0.3 is 0 Å². The summed E-state index contributed by atoms with van der Waals surface area (Å²) in [4.78, 5) is 2.57. The molecule has 4 heteroatoms. The Kier molecular flexibility index (Phi) is 5.87. The average molecular weight is 341 g/mol. The number of benzene rings is 1. The first-order valence-electron chi connectivity index (χ1n) is 7.42. The van der Waals surface area contributed by atoms with E-state index in [4.69, 9.17) is 4.74 Å². The number of rotatable bonds is 6. The summed E-state index contributed by atoms with van der Waals surface area (Å²) in [5.41, 5.74) is 1.28. The third-order valence-corrected chi connectivity index (χ3v) is 4.78. The Labute approximate surface area is 130 Å². The Bertz CT molecular complexity index is 432. The molecule has 3 nitrogen and oxygen atoms in total. The van der Waals surface area contributed by atoms with E-state index in [1.165, 1.54) is 31.5 Å². The van der Waals surface area contributed by atoms with Crippen molar-refractivity contribution in [3.8, 4) is 5.75 Å². The highest BCUT2D eigenvalue weighted by Gasteiger charge is 2.18. The molecule has 112 valence electrons. The predicted molar refractivity (Wildman–Crippen MR) is 87.4 cm³/mol. The zero-order valence-corrected chi connectivity index (χ0v) is 14.2. The molecule has 0 amide bonds. The second-order valence-corrected chi connectivity index (χ2v) is 6.47. The maximum Gasteiger partial charge on any atom is 0.133 e. The van der Waals surface area contributed by atoms with Crippen LogP contribution in [-0.4, -0.2) is 37.7 Å². The fourth-order valence-electron chi connectivity index (χ4n) is 2.73. The van der Waals surface area contributed by atoms with Crippen LogP contribution in [0.4, 0.5) is 0 Å². The molecule has 20 heavy (non-hydrogen) atoms. The number of likely N-dealkylation sites (tertiary alicyclic amines) is 1. The quantitative estimate of drug-likeness (QED) is 0.856. The third-order valence-electron chi connectivity index (χ3n) is 4.16. The van der Waals surface area contributed by atoms with Crippen molar-refractivity contribution in [2.75, 3.05) is 26.7 Å². The highest BCUT2D eigenvalue weighted by Crippen LogP contribution is 2.28. The smallest absolute Gasteiger partial charge is 0.133 e. The predicted octanol–water partition coefficient (Wildman–Crippen LogP) is 3.59. The summed E-state index contributed by atoms with van der Waals surface area (Å²) < 4.78 is 6.28. The van der Waals surface area contributed by atoms with Gasteiger partial charge in [-0.15, -0.1) is 0 Å². The van der Waals surface area contributed by atoms with Gasteiger partial charge in [-0.05, 0) is 73.4 Å². The molecule has 1 aliphatic rings. The van der Waals surface area contributed by atoms with E-state index in [-0.39, 0.29) is 0 Å². The summed E-state index contributed by atoms with van der Waals surface area (Å²) in [6.45, 7) is 8.07. The van der Waals surface area contributed by atoms with Gasteiger partial charge in [0.25, 0.3) is 0 Å². The van der Waals surface area contributed by atoms with Crippen molar-refractivity contribution >= 4 is 15.9 Å². The van der Waals surface area contributed by atoms with Gasteiger partial charge in [0, 0.05) is 18.6 Å². The Morgan fingerprint density at radius 2 is 2.00 bits per heavy atom. The topological polar surface area (TPSA) is 24.5 Å². The monoisotopic (exact) mass is 340 g/mol. The maximum atomic E-state index is 5.27. The van der Waals surface area contributed by atoms with Crippen molar-refractivity contribution < 1.29 is 4.74 Å². The van der Waals surface area contributed by atoms with Crippen LogP contribution in [0, 0.1) is 0 Å². The van der Waals surface area contributed by atoms with Gasteiger partial charge in [-0.1, -0.05) is 6.07 Å². The Morgan fingerprint density at radius 3 is 2.60 bits per heavy atom. The molecule has 0 saturated carbocycles. The number of nitrogens with one attached hydrogen (secondary N) is 1. The summed E-state index contributed by atoms with van der Waals surface area (Å²) >= 11 is 3.55. The molecule has 2 unspecified atom stereocenters. The van der Waals surface area contributed by atoms with Crippen molar-refractivity contribution in [3.63, 3.8) is 0 Å².